The number of hydrogen-bond acceptors (Lipinski definition) is 2. The van der Waals surface area contributed by atoms with Gasteiger partial charge in [-0.25, -0.2) is 0 Å². The highest BCUT2D eigenvalue weighted by atomic mass is 14.9. The van der Waals surface area contributed by atoms with Gasteiger partial charge in [0.25, 0.3) is 0 Å². The van der Waals surface area contributed by atoms with E-state index in [4.69, 9.17) is 5.26 Å². The minimum Gasteiger partial charge on any atom is -0.313 e. The Labute approximate surface area is 87.7 Å². The van der Waals surface area contributed by atoms with Crippen LogP contribution in [-0.2, 0) is 0 Å². The first kappa shape index (κ1) is 11.5. The number of nitrogens with one attached hydrogen (secondary N) is 1. The van der Waals surface area contributed by atoms with E-state index in [1.165, 1.54) is 19.3 Å². The van der Waals surface area contributed by atoms with Crippen LogP contribution in [0.1, 0.15) is 46.5 Å². The summed E-state index contributed by atoms with van der Waals surface area (Å²) in [6.45, 7) is 7.89. The Bertz CT molecular complexity index is 215. The Balaban J connectivity index is 2.32. The maximum Gasteiger partial charge on any atom is 0.0635 e. The molecule has 80 valence electrons. The fraction of sp³-hybridized carbons (Fsp3) is 0.917. The van der Waals surface area contributed by atoms with Gasteiger partial charge in [0.15, 0.2) is 0 Å². The molecule has 1 N–H and O–H groups in total. The van der Waals surface area contributed by atoms with E-state index in [0.717, 1.165) is 12.5 Å². The molecule has 1 saturated carbocycles. The summed E-state index contributed by atoms with van der Waals surface area (Å²) in [6.07, 6.45) is 4.50. The molecule has 0 amide bonds. The second-order valence-electron chi connectivity index (χ2n) is 5.35. The SMILES string of the molecule is CC1CC(C)(C)CCC1NCCC#N. The quantitative estimate of drug-likeness (QED) is 0.701. The van der Waals surface area contributed by atoms with E-state index < -0.39 is 0 Å². The molecule has 1 fully saturated rings. The molecule has 1 aliphatic carbocycles. The summed E-state index contributed by atoms with van der Waals surface area (Å²) >= 11 is 0. The van der Waals surface area contributed by atoms with Crippen molar-refractivity contribution in [2.24, 2.45) is 11.3 Å². The average Bonchev–Trinajstić information content (AvgIpc) is 2.08. The van der Waals surface area contributed by atoms with Crippen molar-refractivity contribution in [1.29, 1.82) is 5.26 Å². The predicted molar refractivity (Wildman–Crippen MR) is 58.8 cm³/mol. The van der Waals surface area contributed by atoms with Gasteiger partial charge in [-0.2, -0.15) is 5.26 Å². The van der Waals surface area contributed by atoms with E-state index in [9.17, 15) is 0 Å². The molecule has 0 spiro atoms. The predicted octanol–water partition coefficient (Wildman–Crippen LogP) is 2.70. The fourth-order valence-corrected chi connectivity index (χ4v) is 2.56. The van der Waals surface area contributed by atoms with Crippen LogP contribution in [0, 0.1) is 22.7 Å². The first-order chi connectivity index (χ1) is 6.55. The lowest BCUT2D eigenvalue weighted by Crippen LogP contribution is -2.41. The van der Waals surface area contributed by atoms with Gasteiger partial charge in [0, 0.05) is 19.0 Å². The molecule has 2 heteroatoms. The first-order valence-corrected chi connectivity index (χ1v) is 5.65. The van der Waals surface area contributed by atoms with Crippen molar-refractivity contribution in [2.45, 2.75) is 52.5 Å². The summed E-state index contributed by atoms with van der Waals surface area (Å²) < 4.78 is 0. The molecular weight excluding hydrogens is 172 g/mol. The van der Waals surface area contributed by atoms with Crippen LogP contribution in [0.2, 0.25) is 0 Å². The lowest BCUT2D eigenvalue weighted by atomic mass is 9.70. The number of hydrogen-bond donors (Lipinski definition) is 1. The third-order valence-electron chi connectivity index (χ3n) is 3.34. The zero-order chi connectivity index (χ0) is 10.6. The molecule has 2 atom stereocenters. The lowest BCUT2D eigenvalue weighted by Gasteiger charge is -2.39. The van der Waals surface area contributed by atoms with Crippen molar-refractivity contribution in [3.05, 3.63) is 0 Å². The van der Waals surface area contributed by atoms with Crippen molar-refractivity contribution in [2.75, 3.05) is 6.54 Å². The largest absolute Gasteiger partial charge is 0.313 e. The molecule has 0 saturated heterocycles. The Hall–Kier alpha value is -0.550. The highest BCUT2D eigenvalue weighted by Gasteiger charge is 2.31. The van der Waals surface area contributed by atoms with Gasteiger partial charge in [0.05, 0.1) is 6.07 Å². The van der Waals surface area contributed by atoms with E-state index in [-0.39, 0.29) is 0 Å². The van der Waals surface area contributed by atoms with Crippen molar-refractivity contribution >= 4 is 0 Å². The van der Waals surface area contributed by atoms with Crippen LogP contribution in [0.5, 0.6) is 0 Å². The third kappa shape index (κ3) is 3.31. The molecule has 0 bridgehead atoms. The van der Waals surface area contributed by atoms with Gasteiger partial charge in [-0.05, 0) is 30.6 Å². The minimum atomic E-state index is 0.521. The second kappa shape index (κ2) is 4.79. The highest BCUT2D eigenvalue weighted by Crippen LogP contribution is 2.38. The molecule has 1 rings (SSSR count). The topological polar surface area (TPSA) is 35.8 Å². The van der Waals surface area contributed by atoms with Crippen LogP contribution in [0.3, 0.4) is 0 Å². The first-order valence-electron chi connectivity index (χ1n) is 5.65. The molecule has 0 aromatic carbocycles. The molecule has 2 nitrogen and oxygen atoms in total. The molecule has 2 unspecified atom stereocenters. The monoisotopic (exact) mass is 194 g/mol. The number of rotatable bonds is 3. The Morgan fingerprint density at radius 3 is 2.79 bits per heavy atom. The molecule has 0 aromatic rings. The second-order valence-corrected chi connectivity index (χ2v) is 5.35. The van der Waals surface area contributed by atoms with Gasteiger partial charge < -0.3 is 5.32 Å². The molecular formula is C12H22N2. The summed E-state index contributed by atoms with van der Waals surface area (Å²) in [5.41, 5.74) is 0.521. The third-order valence-corrected chi connectivity index (χ3v) is 3.34. The molecule has 0 aromatic heterocycles. The number of nitrogens with zero attached hydrogens (tertiary/aromatic N) is 1. The summed E-state index contributed by atoms with van der Waals surface area (Å²) in [5.74, 6) is 0.748. The van der Waals surface area contributed by atoms with Gasteiger partial charge in [-0.3, -0.25) is 0 Å². The van der Waals surface area contributed by atoms with Crippen molar-refractivity contribution < 1.29 is 0 Å². The van der Waals surface area contributed by atoms with Gasteiger partial charge in [0.2, 0.25) is 0 Å². The van der Waals surface area contributed by atoms with Gasteiger partial charge in [0.1, 0.15) is 0 Å². The maximum absolute atomic E-state index is 8.45. The van der Waals surface area contributed by atoms with E-state index in [2.05, 4.69) is 32.2 Å². The van der Waals surface area contributed by atoms with Gasteiger partial charge >= 0.3 is 0 Å². The molecule has 0 aliphatic heterocycles. The van der Waals surface area contributed by atoms with E-state index in [1.54, 1.807) is 0 Å². The van der Waals surface area contributed by atoms with Crippen LogP contribution in [-0.4, -0.2) is 12.6 Å². The van der Waals surface area contributed by atoms with E-state index in [0.29, 0.717) is 17.9 Å². The molecule has 0 radical (unpaired) electrons. The maximum atomic E-state index is 8.45. The summed E-state index contributed by atoms with van der Waals surface area (Å²) in [5, 5.41) is 11.9. The van der Waals surface area contributed by atoms with Crippen LogP contribution in [0.15, 0.2) is 0 Å². The van der Waals surface area contributed by atoms with Crippen LogP contribution < -0.4 is 5.32 Å². The summed E-state index contributed by atoms with van der Waals surface area (Å²) in [7, 11) is 0. The van der Waals surface area contributed by atoms with Crippen molar-refractivity contribution in [1.82, 2.24) is 5.32 Å². The van der Waals surface area contributed by atoms with Gasteiger partial charge in [-0.1, -0.05) is 20.8 Å². The fourth-order valence-electron chi connectivity index (χ4n) is 2.56. The standard InChI is InChI=1S/C12H22N2/c1-10-9-12(2,3)6-5-11(10)14-8-4-7-13/h10-11,14H,4-6,8-9H2,1-3H3. The minimum absolute atomic E-state index is 0.521. The van der Waals surface area contributed by atoms with Crippen LogP contribution in [0.4, 0.5) is 0 Å². The normalized spacial score (nSPS) is 31.0. The average molecular weight is 194 g/mol. The Morgan fingerprint density at radius 2 is 2.21 bits per heavy atom. The van der Waals surface area contributed by atoms with Crippen molar-refractivity contribution in [3.63, 3.8) is 0 Å². The Kier molecular flexibility index (Phi) is 3.95. The van der Waals surface area contributed by atoms with Crippen LogP contribution in [0.25, 0.3) is 0 Å². The molecule has 1 aliphatic rings. The lowest BCUT2D eigenvalue weighted by molar-refractivity contribution is 0.150. The Morgan fingerprint density at radius 1 is 1.50 bits per heavy atom. The van der Waals surface area contributed by atoms with Gasteiger partial charge in [-0.15, -0.1) is 0 Å². The zero-order valence-corrected chi connectivity index (χ0v) is 9.64. The highest BCUT2D eigenvalue weighted by molar-refractivity contribution is 4.87. The summed E-state index contributed by atoms with van der Waals surface area (Å²) in [4.78, 5) is 0. The molecule has 0 heterocycles. The number of nitriles is 1. The smallest absolute Gasteiger partial charge is 0.0635 e. The summed E-state index contributed by atoms with van der Waals surface area (Å²) in [6, 6.07) is 2.81. The van der Waals surface area contributed by atoms with Crippen LogP contribution >= 0.6 is 0 Å². The van der Waals surface area contributed by atoms with E-state index >= 15 is 0 Å². The van der Waals surface area contributed by atoms with E-state index in [1.807, 2.05) is 0 Å². The zero-order valence-electron chi connectivity index (χ0n) is 9.64. The van der Waals surface area contributed by atoms with Crippen molar-refractivity contribution in [3.8, 4) is 6.07 Å². The molecule has 14 heavy (non-hydrogen) atoms.